The van der Waals surface area contributed by atoms with Gasteiger partial charge in [0, 0.05) is 17.6 Å². The van der Waals surface area contributed by atoms with E-state index < -0.39 is 6.04 Å². The van der Waals surface area contributed by atoms with Crippen LogP contribution in [0.1, 0.15) is 44.5 Å². The van der Waals surface area contributed by atoms with Crippen LogP contribution >= 0.6 is 0 Å². The van der Waals surface area contributed by atoms with Crippen LogP contribution in [0.2, 0.25) is 0 Å². The van der Waals surface area contributed by atoms with Gasteiger partial charge in [0.05, 0.1) is 18.2 Å². The van der Waals surface area contributed by atoms with E-state index in [1.807, 2.05) is 62.6 Å². The van der Waals surface area contributed by atoms with Gasteiger partial charge in [0.1, 0.15) is 5.65 Å². The predicted octanol–water partition coefficient (Wildman–Crippen LogP) is 3.03. The van der Waals surface area contributed by atoms with Crippen molar-refractivity contribution in [3.8, 4) is 0 Å². The topological polar surface area (TPSA) is 66.6 Å². The first-order valence-corrected chi connectivity index (χ1v) is 8.35. The Bertz CT molecular complexity index is 944. The Morgan fingerprint density at radius 3 is 2.72 bits per heavy atom. The van der Waals surface area contributed by atoms with E-state index in [1.165, 1.54) is 0 Å². The Hall–Kier alpha value is -2.66. The Balaban J connectivity index is 1.95. The first kappa shape index (κ1) is 17.2. The Labute approximate surface area is 147 Å². The predicted molar refractivity (Wildman–Crippen MR) is 97.9 cm³/mol. The second kappa shape index (κ2) is 6.69. The number of benzene rings is 1. The third-order valence-corrected chi connectivity index (χ3v) is 4.69. The van der Waals surface area contributed by atoms with Gasteiger partial charge < -0.3 is 14.8 Å². The number of hydrogen-bond acceptors (Lipinski definition) is 3. The third kappa shape index (κ3) is 3.15. The van der Waals surface area contributed by atoms with Crippen LogP contribution in [0.4, 0.5) is 0 Å². The van der Waals surface area contributed by atoms with Gasteiger partial charge in [-0.15, -0.1) is 0 Å². The zero-order valence-corrected chi connectivity index (χ0v) is 15.0. The lowest BCUT2D eigenvalue weighted by Gasteiger charge is -2.19. The molecule has 3 aromatic rings. The second-order valence-corrected chi connectivity index (χ2v) is 6.46. The summed E-state index contributed by atoms with van der Waals surface area (Å²) in [5.74, 6) is -0.236. The van der Waals surface area contributed by atoms with Gasteiger partial charge >= 0.3 is 0 Å². The normalized spacial score (nSPS) is 12.4. The summed E-state index contributed by atoms with van der Waals surface area (Å²) in [7, 11) is 0. The molecular weight excluding hydrogens is 314 g/mol. The van der Waals surface area contributed by atoms with Gasteiger partial charge in [0.15, 0.2) is 0 Å². The molecule has 1 unspecified atom stereocenters. The lowest BCUT2D eigenvalue weighted by Crippen LogP contribution is -2.31. The van der Waals surface area contributed by atoms with E-state index in [0.29, 0.717) is 11.2 Å². The molecule has 0 fully saturated rings. The molecule has 0 spiro atoms. The molecule has 5 heteroatoms. The molecule has 0 aliphatic carbocycles. The van der Waals surface area contributed by atoms with Crippen molar-refractivity contribution < 1.29 is 9.90 Å². The molecule has 0 radical (unpaired) electrons. The van der Waals surface area contributed by atoms with E-state index >= 15 is 0 Å². The number of aliphatic hydroxyl groups is 1. The average molecular weight is 337 g/mol. The SMILES string of the molecule is Cc1cc(C)n2ccc(C(=O)NC(CO)c3cccc(C)c3C)c2n1. The van der Waals surface area contributed by atoms with Gasteiger partial charge in [-0.2, -0.15) is 0 Å². The fourth-order valence-electron chi connectivity index (χ4n) is 3.18. The maximum atomic E-state index is 12.8. The van der Waals surface area contributed by atoms with Gasteiger partial charge in [-0.3, -0.25) is 4.79 Å². The van der Waals surface area contributed by atoms with Crippen LogP contribution in [0.15, 0.2) is 36.5 Å². The molecule has 0 saturated heterocycles. The van der Waals surface area contributed by atoms with Gasteiger partial charge in [0.25, 0.3) is 5.91 Å². The van der Waals surface area contributed by atoms with E-state index in [2.05, 4.69) is 10.3 Å². The number of carbonyl (C=O) groups excluding carboxylic acids is 1. The highest BCUT2D eigenvalue weighted by molar-refractivity contribution is 6.00. The van der Waals surface area contributed by atoms with Crippen LogP contribution < -0.4 is 5.32 Å². The summed E-state index contributed by atoms with van der Waals surface area (Å²) in [6.07, 6.45) is 1.85. The summed E-state index contributed by atoms with van der Waals surface area (Å²) in [6.45, 7) is 7.76. The molecule has 1 amide bonds. The maximum absolute atomic E-state index is 12.8. The number of hydrogen-bond donors (Lipinski definition) is 2. The molecule has 130 valence electrons. The van der Waals surface area contributed by atoms with Crippen molar-refractivity contribution >= 4 is 11.6 Å². The molecule has 1 aromatic carbocycles. The maximum Gasteiger partial charge on any atom is 0.255 e. The van der Waals surface area contributed by atoms with Crippen molar-refractivity contribution in [2.75, 3.05) is 6.61 Å². The van der Waals surface area contributed by atoms with E-state index in [1.54, 1.807) is 6.07 Å². The summed E-state index contributed by atoms with van der Waals surface area (Å²) in [4.78, 5) is 17.3. The highest BCUT2D eigenvalue weighted by Gasteiger charge is 2.20. The summed E-state index contributed by atoms with van der Waals surface area (Å²) in [5, 5.41) is 12.7. The Kier molecular flexibility index (Phi) is 4.59. The summed E-state index contributed by atoms with van der Waals surface area (Å²) in [6, 6.07) is 9.19. The van der Waals surface area contributed by atoms with Crippen LogP contribution in [-0.2, 0) is 0 Å². The first-order chi connectivity index (χ1) is 11.9. The molecule has 0 bridgehead atoms. The summed E-state index contributed by atoms with van der Waals surface area (Å²) < 4.78 is 1.90. The minimum absolute atomic E-state index is 0.159. The average Bonchev–Trinajstić information content (AvgIpc) is 2.99. The number of amides is 1. The van der Waals surface area contributed by atoms with Crippen LogP contribution in [0, 0.1) is 27.7 Å². The van der Waals surface area contributed by atoms with Crippen molar-refractivity contribution in [2.45, 2.75) is 33.7 Å². The van der Waals surface area contributed by atoms with Gasteiger partial charge in [-0.05, 0) is 56.5 Å². The van der Waals surface area contributed by atoms with E-state index in [-0.39, 0.29) is 12.5 Å². The number of nitrogens with one attached hydrogen (secondary N) is 1. The quantitative estimate of drug-likeness (QED) is 0.769. The number of aryl methyl sites for hydroxylation is 3. The van der Waals surface area contributed by atoms with Crippen molar-refractivity contribution in [1.29, 1.82) is 0 Å². The van der Waals surface area contributed by atoms with Gasteiger partial charge in [0.2, 0.25) is 0 Å². The van der Waals surface area contributed by atoms with Gasteiger partial charge in [-0.1, -0.05) is 18.2 Å². The van der Waals surface area contributed by atoms with Crippen LogP contribution in [0.5, 0.6) is 0 Å². The molecule has 3 rings (SSSR count). The van der Waals surface area contributed by atoms with Crippen LogP contribution in [0.3, 0.4) is 0 Å². The number of aliphatic hydroxyl groups excluding tert-OH is 1. The Morgan fingerprint density at radius 2 is 2.00 bits per heavy atom. The number of carbonyl (C=O) groups is 1. The number of aromatic nitrogens is 2. The molecule has 2 heterocycles. The molecule has 0 aliphatic heterocycles. The summed E-state index contributed by atoms with van der Waals surface area (Å²) in [5.41, 5.74) is 6.17. The second-order valence-electron chi connectivity index (χ2n) is 6.46. The first-order valence-electron chi connectivity index (χ1n) is 8.35. The van der Waals surface area contributed by atoms with E-state index in [4.69, 9.17) is 0 Å². The highest BCUT2D eigenvalue weighted by Crippen LogP contribution is 2.21. The van der Waals surface area contributed by atoms with E-state index in [0.717, 1.165) is 28.1 Å². The molecule has 2 N–H and O–H groups in total. The molecule has 5 nitrogen and oxygen atoms in total. The Morgan fingerprint density at radius 1 is 1.24 bits per heavy atom. The van der Waals surface area contributed by atoms with Crippen LogP contribution in [-0.4, -0.2) is 27.0 Å². The fraction of sp³-hybridized carbons (Fsp3) is 0.300. The smallest absolute Gasteiger partial charge is 0.255 e. The van der Waals surface area contributed by atoms with Gasteiger partial charge in [-0.25, -0.2) is 4.98 Å². The number of fused-ring (bicyclic) bond motifs is 1. The lowest BCUT2D eigenvalue weighted by molar-refractivity contribution is 0.0917. The molecule has 2 aromatic heterocycles. The zero-order valence-electron chi connectivity index (χ0n) is 15.0. The van der Waals surface area contributed by atoms with Crippen molar-refractivity contribution in [2.24, 2.45) is 0 Å². The minimum Gasteiger partial charge on any atom is -0.394 e. The standard InChI is InChI=1S/C20H23N3O2/c1-12-6-5-7-16(15(12)4)18(11-24)22-20(25)17-8-9-23-14(3)10-13(2)21-19(17)23/h5-10,18,24H,11H2,1-4H3,(H,22,25). The largest absolute Gasteiger partial charge is 0.394 e. The third-order valence-electron chi connectivity index (χ3n) is 4.69. The fourth-order valence-corrected chi connectivity index (χ4v) is 3.18. The molecule has 0 aliphatic rings. The summed E-state index contributed by atoms with van der Waals surface area (Å²) >= 11 is 0. The number of rotatable bonds is 4. The van der Waals surface area contributed by atoms with Crippen molar-refractivity contribution in [3.05, 3.63) is 70.2 Å². The highest BCUT2D eigenvalue weighted by atomic mass is 16.3. The van der Waals surface area contributed by atoms with E-state index in [9.17, 15) is 9.90 Å². The van der Waals surface area contributed by atoms with Crippen molar-refractivity contribution in [1.82, 2.24) is 14.7 Å². The van der Waals surface area contributed by atoms with Crippen molar-refractivity contribution in [3.63, 3.8) is 0 Å². The monoisotopic (exact) mass is 337 g/mol. The molecule has 1 atom stereocenters. The minimum atomic E-state index is -0.451. The van der Waals surface area contributed by atoms with Crippen LogP contribution in [0.25, 0.3) is 5.65 Å². The molecular formula is C20H23N3O2. The lowest BCUT2D eigenvalue weighted by atomic mass is 9.97. The zero-order chi connectivity index (χ0) is 18.1. The molecule has 25 heavy (non-hydrogen) atoms. The molecule has 0 saturated carbocycles. The number of nitrogens with zero attached hydrogens (tertiary/aromatic N) is 2.